The van der Waals surface area contributed by atoms with Gasteiger partial charge in [-0.05, 0) is 33.6 Å². The molecule has 4 atom stereocenters. The van der Waals surface area contributed by atoms with Gasteiger partial charge in [0.25, 0.3) is 0 Å². The molecule has 5 heterocycles. The number of hydrogen-bond donors (Lipinski definition) is 0. The van der Waals surface area contributed by atoms with Crippen molar-refractivity contribution >= 4 is 28.9 Å². The Balaban J connectivity index is 1.29. The number of thiazole rings is 1. The highest BCUT2D eigenvalue weighted by molar-refractivity contribution is 7.13. The Morgan fingerprint density at radius 3 is 2.61 bits per heavy atom. The van der Waals surface area contributed by atoms with Gasteiger partial charge in [-0.25, -0.2) is 4.98 Å². The predicted octanol–water partition coefficient (Wildman–Crippen LogP) is 2.55. The van der Waals surface area contributed by atoms with Crippen LogP contribution in [0.3, 0.4) is 0 Å². The number of nitrogens with zero attached hydrogens (tertiary/aromatic N) is 3. The molecule has 0 radical (unpaired) electrons. The number of hydrogen-bond acceptors (Lipinski definition) is 6. The van der Waals surface area contributed by atoms with Gasteiger partial charge in [-0.3, -0.25) is 14.4 Å². The lowest BCUT2D eigenvalue weighted by atomic mass is 9.76. The highest BCUT2D eigenvalue weighted by Crippen LogP contribution is 2.53. The molecule has 4 aliphatic rings. The fourth-order valence-electron chi connectivity index (χ4n) is 5.72. The number of aryl methyl sites for hydroxylation is 1. The number of likely N-dealkylation sites (tertiary alicyclic amines) is 2. The maximum Gasteiger partial charge on any atom is 0.230 e. The maximum atomic E-state index is 13.5. The van der Waals surface area contributed by atoms with E-state index >= 15 is 0 Å². The summed E-state index contributed by atoms with van der Waals surface area (Å²) in [6, 6.07) is 0.0941. The predicted molar refractivity (Wildman–Crippen MR) is 116 cm³/mol. The number of aromatic nitrogens is 1. The van der Waals surface area contributed by atoms with Gasteiger partial charge in [0.2, 0.25) is 11.8 Å². The average Bonchev–Trinajstić information content (AvgIpc) is 3.47. The van der Waals surface area contributed by atoms with E-state index in [0.717, 1.165) is 28.4 Å². The molecule has 2 amide bonds. The lowest BCUT2D eigenvalue weighted by molar-refractivity contribution is -0.144. The van der Waals surface area contributed by atoms with E-state index in [9.17, 15) is 14.4 Å². The zero-order valence-electron chi connectivity index (χ0n) is 18.5. The molecule has 0 aliphatic carbocycles. The van der Waals surface area contributed by atoms with E-state index in [-0.39, 0.29) is 35.7 Å². The van der Waals surface area contributed by atoms with Crippen LogP contribution in [0.1, 0.15) is 59.9 Å². The van der Waals surface area contributed by atoms with Crippen LogP contribution >= 0.6 is 11.3 Å². The molecule has 7 nitrogen and oxygen atoms in total. The fraction of sp³-hybridized carbons (Fsp3) is 0.652. The van der Waals surface area contributed by atoms with E-state index in [1.165, 1.54) is 11.3 Å². The van der Waals surface area contributed by atoms with Crippen LogP contribution < -0.4 is 0 Å². The third kappa shape index (κ3) is 3.09. The number of amides is 2. The second kappa shape index (κ2) is 7.24. The fourth-order valence-corrected chi connectivity index (χ4v) is 6.85. The number of ether oxygens (including phenoxy) is 1. The van der Waals surface area contributed by atoms with Gasteiger partial charge in [-0.1, -0.05) is 12.2 Å². The molecular weight excluding hydrogens is 414 g/mol. The van der Waals surface area contributed by atoms with Crippen molar-refractivity contribution in [1.82, 2.24) is 14.8 Å². The van der Waals surface area contributed by atoms with Gasteiger partial charge in [0.15, 0.2) is 5.78 Å². The summed E-state index contributed by atoms with van der Waals surface area (Å²) in [5.41, 5.74) is 0.170. The number of carbonyl (C=O) groups excluding carboxylic acids is 3. The van der Waals surface area contributed by atoms with E-state index in [1.54, 1.807) is 6.92 Å². The second-order valence-corrected chi connectivity index (χ2v) is 10.6. The molecular formula is C23H29N3O4S. The van der Waals surface area contributed by atoms with Crippen LogP contribution in [0.15, 0.2) is 12.2 Å². The van der Waals surface area contributed by atoms with E-state index in [4.69, 9.17) is 4.74 Å². The minimum atomic E-state index is -0.633. The molecule has 0 N–H and O–H groups in total. The van der Waals surface area contributed by atoms with Crippen LogP contribution in [0.4, 0.5) is 0 Å². The minimum Gasteiger partial charge on any atom is -0.360 e. The van der Waals surface area contributed by atoms with Crippen LogP contribution in [0, 0.1) is 18.8 Å². The minimum absolute atomic E-state index is 0.0402. The molecule has 1 aromatic rings. The van der Waals surface area contributed by atoms with Crippen molar-refractivity contribution in [1.29, 1.82) is 0 Å². The number of ketones is 1. The SMILES string of the molecule is CC(=O)c1sc(C2CCN(C(=O)[C@@H]3[C@H]4C(=O)N(C(C)C)C[C@@]45C=C[C@H]3O5)CC2)nc1C. The van der Waals surface area contributed by atoms with Crippen molar-refractivity contribution in [2.45, 2.75) is 64.2 Å². The Hall–Kier alpha value is -2.06. The Kier molecular flexibility index (Phi) is 4.86. The molecule has 2 bridgehead atoms. The summed E-state index contributed by atoms with van der Waals surface area (Å²) in [5, 5.41) is 0.999. The first-order valence-corrected chi connectivity index (χ1v) is 12.0. The maximum absolute atomic E-state index is 13.5. The van der Waals surface area contributed by atoms with Crippen molar-refractivity contribution in [3.05, 3.63) is 27.7 Å². The third-order valence-electron chi connectivity index (χ3n) is 7.33. The van der Waals surface area contributed by atoms with Crippen LogP contribution in [-0.4, -0.2) is 69.8 Å². The van der Waals surface area contributed by atoms with Crippen molar-refractivity contribution in [2.75, 3.05) is 19.6 Å². The van der Waals surface area contributed by atoms with Gasteiger partial charge in [-0.15, -0.1) is 11.3 Å². The number of Topliss-reactive ketones (excluding diaryl/α,β-unsaturated/α-hetero) is 1. The van der Waals surface area contributed by atoms with Gasteiger partial charge < -0.3 is 14.5 Å². The molecule has 3 fully saturated rings. The van der Waals surface area contributed by atoms with Crippen LogP contribution in [0.5, 0.6) is 0 Å². The van der Waals surface area contributed by atoms with Gasteiger partial charge >= 0.3 is 0 Å². The van der Waals surface area contributed by atoms with Crippen LogP contribution in [-0.2, 0) is 14.3 Å². The molecule has 3 saturated heterocycles. The zero-order chi connectivity index (χ0) is 22.1. The van der Waals surface area contributed by atoms with E-state index in [0.29, 0.717) is 19.6 Å². The summed E-state index contributed by atoms with van der Waals surface area (Å²) in [7, 11) is 0. The first-order chi connectivity index (χ1) is 14.7. The number of piperidine rings is 1. The average molecular weight is 444 g/mol. The molecule has 166 valence electrons. The molecule has 1 aromatic heterocycles. The monoisotopic (exact) mass is 443 g/mol. The van der Waals surface area contributed by atoms with Gasteiger partial charge in [0.1, 0.15) is 5.60 Å². The number of fused-ring (bicyclic) bond motifs is 1. The van der Waals surface area contributed by atoms with Crippen LogP contribution in [0.2, 0.25) is 0 Å². The van der Waals surface area contributed by atoms with Crippen LogP contribution in [0.25, 0.3) is 0 Å². The first kappa shape index (κ1) is 20.8. The normalized spacial score (nSPS) is 32.4. The summed E-state index contributed by atoms with van der Waals surface area (Å²) in [4.78, 5) is 47.6. The summed E-state index contributed by atoms with van der Waals surface area (Å²) in [5.74, 6) is -0.417. The van der Waals surface area contributed by atoms with Crippen molar-refractivity contribution in [2.24, 2.45) is 11.8 Å². The highest BCUT2D eigenvalue weighted by atomic mass is 32.1. The molecule has 31 heavy (non-hydrogen) atoms. The quantitative estimate of drug-likeness (QED) is 0.528. The lowest BCUT2D eigenvalue weighted by Gasteiger charge is -2.35. The smallest absolute Gasteiger partial charge is 0.230 e. The zero-order valence-corrected chi connectivity index (χ0v) is 19.3. The summed E-state index contributed by atoms with van der Waals surface area (Å²) in [6.45, 7) is 9.30. The topological polar surface area (TPSA) is 79.8 Å². The standard InChI is InChI=1S/C23H29N3O4S/c1-12(2)26-11-23-8-5-16(30-23)17(18(23)22(26)29)21(28)25-9-6-15(7-10-25)20-24-13(3)19(31-20)14(4)27/h5,8,12,15-18H,6-7,9-11H2,1-4H3/t16-,17+,18+,23+/m1/s1. The molecule has 0 saturated carbocycles. The summed E-state index contributed by atoms with van der Waals surface area (Å²) in [6.07, 6.45) is 5.34. The molecule has 4 aliphatic heterocycles. The van der Waals surface area contributed by atoms with E-state index in [1.807, 2.05) is 42.7 Å². The Labute approximate surface area is 186 Å². The van der Waals surface area contributed by atoms with Crippen molar-refractivity contribution < 1.29 is 19.1 Å². The lowest BCUT2D eigenvalue weighted by Crippen LogP contribution is -2.48. The molecule has 1 spiro atoms. The highest BCUT2D eigenvalue weighted by Gasteiger charge is 2.67. The van der Waals surface area contributed by atoms with Crippen molar-refractivity contribution in [3.63, 3.8) is 0 Å². The van der Waals surface area contributed by atoms with Gasteiger partial charge in [0, 0.05) is 32.0 Å². The largest absolute Gasteiger partial charge is 0.360 e. The van der Waals surface area contributed by atoms with Gasteiger partial charge in [-0.2, -0.15) is 0 Å². The molecule has 8 heteroatoms. The summed E-state index contributed by atoms with van der Waals surface area (Å²) >= 11 is 1.49. The Morgan fingerprint density at radius 2 is 2.00 bits per heavy atom. The van der Waals surface area contributed by atoms with E-state index in [2.05, 4.69) is 4.98 Å². The van der Waals surface area contributed by atoms with E-state index < -0.39 is 17.4 Å². The number of rotatable bonds is 4. The first-order valence-electron chi connectivity index (χ1n) is 11.2. The number of carbonyl (C=O) groups is 3. The summed E-state index contributed by atoms with van der Waals surface area (Å²) < 4.78 is 6.23. The Morgan fingerprint density at radius 1 is 1.29 bits per heavy atom. The molecule has 5 rings (SSSR count). The molecule has 0 unspecified atom stereocenters. The van der Waals surface area contributed by atoms with Gasteiger partial charge in [0.05, 0.1) is 40.1 Å². The second-order valence-electron chi connectivity index (χ2n) is 9.58. The third-order valence-corrected chi connectivity index (χ3v) is 8.75. The Bertz CT molecular complexity index is 977. The van der Waals surface area contributed by atoms with Crippen molar-refractivity contribution in [3.8, 4) is 0 Å². The molecule has 0 aromatic carbocycles.